The Bertz CT molecular complexity index is 248. The molecule has 1 rings (SSSR count). The Balaban J connectivity index is 2.58. The van der Waals surface area contributed by atoms with Gasteiger partial charge in [-0.25, -0.2) is 0 Å². The number of ether oxygens (including phenoxy) is 2. The fourth-order valence-electron chi connectivity index (χ4n) is 2.33. The zero-order valence-corrected chi connectivity index (χ0v) is 11.2. The van der Waals surface area contributed by atoms with E-state index in [9.17, 15) is 4.79 Å². The molecule has 5 nitrogen and oxygen atoms in total. The Morgan fingerprint density at radius 1 is 1.47 bits per heavy atom. The quantitative estimate of drug-likeness (QED) is 0.668. The van der Waals surface area contributed by atoms with E-state index >= 15 is 0 Å². The minimum Gasteiger partial charge on any atom is -0.354 e. The number of carbonyl (C=O) groups is 1. The van der Waals surface area contributed by atoms with Gasteiger partial charge in [0.25, 0.3) is 0 Å². The number of hydrogen-bond donors (Lipinski definition) is 2. The molecule has 1 fully saturated rings. The fraction of sp³-hybridized carbons (Fsp3) is 0.917. The molecule has 1 aliphatic heterocycles. The van der Waals surface area contributed by atoms with Crippen LogP contribution >= 0.6 is 0 Å². The minimum atomic E-state index is -0.401. The summed E-state index contributed by atoms with van der Waals surface area (Å²) in [5.41, 5.74) is -0.264. The number of carbonyl (C=O) groups excluding carboxylic acids is 1. The Morgan fingerprint density at radius 3 is 2.53 bits per heavy atom. The highest BCUT2D eigenvalue weighted by molar-refractivity contribution is 5.83. The summed E-state index contributed by atoms with van der Waals surface area (Å²) in [6.45, 7) is 5.61. The van der Waals surface area contributed by atoms with Crippen molar-refractivity contribution in [3.63, 3.8) is 0 Å². The van der Waals surface area contributed by atoms with E-state index in [0.717, 1.165) is 25.9 Å². The number of nitrogens with one attached hydrogen (secondary N) is 2. The molecule has 2 N–H and O–H groups in total. The summed E-state index contributed by atoms with van der Waals surface area (Å²) >= 11 is 0. The Labute approximate surface area is 103 Å². The molecule has 0 radical (unpaired) electrons. The molecule has 0 aliphatic carbocycles. The molecule has 17 heavy (non-hydrogen) atoms. The van der Waals surface area contributed by atoms with Crippen LogP contribution in [0.1, 0.15) is 26.7 Å². The van der Waals surface area contributed by atoms with Gasteiger partial charge in [0.15, 0.2) is 6.29 Å². The van der Waals surface area contributed by atoms with Gasteiger partial charge < -0.3 is 20.1 Å². The molecule has 2 unspecified atom stereocenters. The third kappa shape index (κ3) is 3.18. The molecule has 1 saturated heterocycles. The van der Waals surface area contributed by atoms with E-state index in [1.165, 1.54) is 0 Å². The normalized spacial score (nSPS) is 26.2. The topological polar surface area (TPSA) is 59.6 Å². The molecule has 1 heterocycles. The first-order chi connectivity index (χ1) is 8.09. The lowest BCUT2D eigenvalue weighted by molar-refractivity contribution is -0.142. The molecule has 0 bridgehead atoms. The van der Waals surface area contributed by atoms with E-state index < -0.39 is 6.29 Å². The minimum absolute atomic E-state index is 0.0941. The fourth-order valence-corrected chi connectivity index (χ4v) is 2.33. The van der Waals surface area contributed by atoms with E-state index in [0.29, 0.717) is 0 Å². The van der Waals surface area contributed by atoms with Gasteiger partial charge in [-0.1, -0.05) is 6.92 Å². The lowest BCUT2D eigenvalue weighted by atomic mass is 9.83. The summed E-state index contributed by atoms with van der Waals surface area (Å²) in [6, 6.07) is -0.151. The first-order valence-electron chi connectivity index (χ1n) is 6.17. The largest absolute Gasteiger partial charge is 0.354 e. The highest BCUT2D eigenvalue weighted by Gasteiger charge is 2.40. The number of hydrogen-bond acceptors (Lipinski definition) is 4. The molecule has 0 spiro atoms. The van der Waals surface area contributed by atoms with Crippen LogP contribution in [0.2, 0.25) is 0 Å². The molecular formula is C12H24N2O3. The SMILES string of the molecule is CCC1(C(=O)NC(C)C(OC)OC)CCNC1. The second-order valence-corrected chi connectivity index (χ2v) is 4.66. The van der Waals surface area contributed by atoms with Gasteiger partial charge in [-0.05, 0) is 26.3 Å². The highest BCUT2D eigenvalue weighted by atomic mass is 16.7. The molecular weight excluding hydrogens is 220 g/mol. The maximum Gasteiger partial charge on any atom is 0.227 e. The van der Waals surface area contributed by atoms with Crippen molar-refractivity contribution >= 4 is 5.91 Å². The zero-order valence-electron chi connectivity index (χ0n) is 11.2. The molecule has 1 amide bonds. The molecule has 100 valence electrons. The van der Waals surface area contributed by atoms with E-state index in [1.807, 2.05) is 6.92 Å². The molecule has 5 heteroatoms. The van der Waals surface area contributed by atoms with Gasteiger partial charge in [-0.3, -0.25) is 4.79 Å². The van der Waals surface area contributed by atoms with Crippen molar-refractivity contribution in [1.29, 1.82) is 0 Å². The van der Waals surface area contributed by atoms with Crippen molar-refractivity contribution in [3.8, 4) is 0 Å². The Morgan fingerprint density at radius 2 is 2.12 bits per heavy atom. The number of amides is 1. The third-order valence-corrected chi connectivity index (χ3v) is 3.63. The van der Waals surface area contributed by atoms with Gasteiger partial charge >= 0.3 is 0 Å². The van der Waals surface area contributed by atoms with Gasteiger partial charge in [0.05, 0.1) is 11.5 Å². The lowest BCUT2D eigenvalue weighted by Crippen LogP contribution is -2.50. The van der Waals surface area contributed by atoms with Gasteiger partial charge in [-0.15, -0.1) is 0 Å². The van der Waals surface area contributed by atoms with Gasteiger partial charge in [0.1, 0.15) is 0 Å². The molecule has 0 saturated carbocycles. The van der Waals surface area contributed by atoms with Crippen molar-refractivity contribution in [3.05, 3.63) is 0 Å². The summed E-state index contributed by atoms with van der Waals surface area (Å²) < 4.78 is 10.3. The van der Waals surface area contributed by atoms with Crippen LogP contribution in [0.4, 0.5) is 0 Å². The van der Waals surface area contributed by atoms with Gasteiger partial charge in [0.2, 0.25) is 5.91 Å². The molecule has 1 aliphatic rings. The van der Waals surface area contributed by atoms with E-state index in [-0.39, 0.29) is 17.4 Å². The molecule has 0 aromatic carbocycles. The average molecular weight is 244 g/mol. The van der Waals surface area contributed by atoms with Crippen LogP contribution in [0.3, 0.4) is 0 Å². The standard InChI is InChI=1S/C12H24N2O3/c1-5-12(6-7-13-8-12)11(15)14-9(2)10(16-3)17-4/h9-10,13H,5-8H2,1-4H3,(H,14,15). The first-order valence-corrected chi connectivity index (χ1v) is 6.17. The zero-order chi connectivity index (χ0) is 12.9. The second kappa shape index (κ2) is 6.33. The highest BCUT2D eigenvalue weighted by Crippen LogP contribution is 2.29. The summed E-state index contributed by atoms with van der Waals surface area (Å²) in [5.74, 6) is 0.0941. The van der Waals surface area contributed by atoms with Crippen molar-refractivity contribution in [1.82, 2.24) is 10.6 Å². The molecule has 2 atom stereocenters. The smallest absolute Gasteiger partial charge is 0.227 e. The van der Waals surface area contributed by atoms with Crippen LogP contribution < -0.4 is 10.6 Å². The Kier molecular flexibility index (Phi) is 5.36. The van der Waals surface area contributed by atoms with Crippen LogP contribution in [0.25, 0.3) is 0 Å². The summed E-state index contributed by atoms with van der Waals surface area (Å²) in [7, 11) is 3.15. The van der Waals surface area contributed by atoms with Crippen molar-refractivity contribution in [2.45, 2.75) is 39.0 Å². The molecule has 0 aromatic heterocycles. The second-order valence-electron chi connectivity index (χ2n) is 4.66. The van der Waals surface area contributed by atoms with Crippen molar-refractivity contribution < 1.29 is 14.3 Å². The van der Waals surface area contributed by atoms with Crippen LogP contribution in [0.15, 0.2) is 0 Å². The summed E-state index contributed by atoms with van der Waals surface area (Å²) in [6.07, 6.45) is 1.35. The Hall–Kier alpha value is -0.650. The average Bonchev–Trinajstić information content (AvgIpc) is 2.80. The van der Waals surface area contributed by atoms with Crippen LogP contribution in [-0.2, 0) is 14.3 Å². The third-order valence-electron chi connectivity index (χ3n) is 3.63. The monoisotopic (exact) mass is 244 g/mol. The summed E-state index contributed by atoms with van der Waals surface area (Å²) in [4.78, 5) is 12.3. The van der Waals surface area contributed by atoms with E-state index in [1.54, 1.807) is 14.2 Å². The predicted molar refractivity (Wildman–Crippen MR) is 65.6 cm³/mol. The number of rotatable bonds is 6. The number of methoxy groups -OCH3 is 2. The maximum atomic E-state index is 12.3. The maximum absolute atomic E-state index is 12.3. The van der Waals surface area contributed by atoms with E-state index in [4.69, 9.17) is 9.47 Å². The van der Waals surface area contributed by atoms with Crippen LogP contribution in [0.5, 0.6) is 0 Å². The van der Waals surface area contributed by atoms with Crippen LogP contribution in [-0.4, -0.2) is 45.5 Å². The first kappa shape index (κ1) is 14.4. The lowest BCUT2D eigenvalue weighted by Gasteiger charge is -2.29. The van der Waals surface area contributed by atoms with E-state index in [2.05, 4.69) is 17.6 Å². The van der Waals surface area contributed by atoms with Gasteiger partial charge in [0, 0.05) is 20.8 Å². The van der Waals surface area contributed by atoms with Crippen LogP contribution in [0, 0.1) is 5.41 Å². The van der Waals surface area contributed by atoms with Gasteiger partial charge in [-0.2, -0.15) is 0 Å². The van der Waals surface area contributed by atoms with Crippen molar-refractivity contribution in [2.75, 3.05) is 27.3 Å². The predicted octanol–water partition coefficient (Wildman–Crippen LogP) is 0.500. The summed E-state index contributed by atoms with van der Waals surface area (Å²) in [5, 5.41) is 6.24. The van der Waals surface area contributed by atoms with Crippen molar-refractivity contribution in [2.24, 2.45) is 5.41 Å². The molecule has 0 aromatic rings.